The summed E-state index contributed by atoms with van der Waals surface area (Å²) in [5.41, 5.74) is 8.32. The monoisotopic (exact) mass is 236 g/mol. The fourth-order valence-electron chi connectivity index (χ4n) is 1.93. The number of carbonyl (C=O) groups is 1. The van der Waals surface area contributed by atoms with Crippen molar-refractivity contribution in [3.8, 4) is 0 Å². The molecule has 1 atom stereocenters. The molecular formula is C13H20N2O2. The molecule has 4 heteroatoms. The van der Waals surface area contributed by atoms with E-state index in [2.05, 4.69) is 18.7 Å². The van der Waals surface area contributed by atoms with Crippen LogP contribution >= 0.6 is 0 Å². The Morgan fingerprint density at radius 3 is 2.41 bits per heavy atom. The summed E-state index contributed by atoms with van der Waals surface area (Å²) >= 11 is 0. The predicted octanol–water partition coefficient (Wildman–Crippen LogP) is 1.93. The molecule has 1 rings (SSSR count). The van der Waals surface area contributed by atoms with Gasteiger partial charge in [0.15, 0.2) is 0 Å². The highest BCUT2D eigenvalue weighted by Crippen LogP contribution is 2.22. The first kappa shape index (κ1) is 13.5. The number of hydrogen-bond donors (Lipinski definition) is 2. The van der Waals surface area contributed by atoms with Crippen molar-refractivity contribution in [3.63, 3.8) is 0 Å². The highest BCUT2D eigenvalue weighted by molar-refractivity contribution is 5.76. The van der Waals surface area contributed by atoms with Crippen LogP contribution in [0.15, 0.2) is 18.2 Å². The van der Waals surface area contributed by atoms with Crippen LogP contribution in [0.25, 0.3) is 0 Å². The van der Waals surface area contributed by atoms with Gasteiger partial charge in [-0.05, 0) is 44.0 Å². The summed E-state index contributed by atoms with van der Waals surface area (Å²) in [6.45, 7) is 7.94. The van der Waals surface area contributed by atoms with E-state index in [9.17, 15) is 4.79 Å². The molecule has 4 nitrogen and oxygen atoms in total. The molecule has 1 aromatic carbocycles. The maximum Gasteiger partial charge on any atom is 0.325 e. The first-order chi connectivity index (χ1) is 8.01. The van der Waals surface area contributed by atoms with Crippen LogP contribution in [0.2, 0.25) is 0 Å². The Balaban J connectivity index is 3.05. The number of nitrogens with zero attached hydrogens (tertiary/aromatic N) is 1. The van der Waals surface area contributed by atoms with Gasteiger partial charge in [-0.25, -0.2) is 0 Å². The SMILES string of the molecule is CCN(CC)c1ccc([C@H](N)C(=O)O)c(C)c1. The lowest BCUT2D eigenvalue weighted by Crippen LogP contribution is -2.24. The fraction of sp³-hybridized carbons (Fsp3) is 0.462. The van der Waals surface area contributed by atoms with Crippen LogP contribution in [0.3, 0.4) is 0 Å². The van der Waals surface area contributed by atoms with Crippen molar-refractivity contribution in [3.05, 3.63) is 29.3 Å². The fourth-order valence-corrected chi connectivity index (χ4v) is 1.93. The zero-order valence-electron chi connectivity index (χ0n) is 10.6. The predicted molar refractivity (Wildman–Crippen MR) is 69.3 cm³/mol. The van der Waals surface area contributed by atoms with E-state index in [1.165, 1.54) is 0 Å². The minimum Gasteiger partial charge on any atom is -0.480 e. The molecule has 0 unspecified atom stereocenters. The van der Waals surface area contributed by atoms with Crippen molar-refractivity contribution in [2.75, 3.05) is 18.0 Å². The van der Waals surface area contributed by atoms with Crippen LogP contribution in [0, 0.1) is 6.92 Å². The number of hydrogen-bond acceptors (Lipinski definition) is 3. The van der Waals surface area contributed by atoms with E-state index in [4.69, 9.17) is 10.8 Å². The quantitative estimate of drug-likeness (QED) is 0.819. The van der Waals surface area contributed by atoms with Gasteiger partial charge in [-0.15, -0.1) is 0 Å². The molecule has 0 spiro atoms. The molecule has 0 aliphatic rings. The second-order valence-electron chi connectivity index (χ2n) is 4.03. The summed E-state index contributed by atoms with van der Waals surface area (Å²) in [5.74, 6) is -0.997. The average molecular weight is 236 g/mol. The van der Waals surface area contributed by atoms with Gasteiger partial charge in [0.05, 0.1) is 0 Å². The van der Waals surface area contributed by atoms with E-state index < -0.39 is 12.0 Å². The van der Waals surface area contributed by atoms with Crippen molar-refractivity contribution < 1.29 is 9.90 Å². The van der Waals surface area contributed by atoms with E-state index in [1.54, 1.807) is 0 Å². The number of benzene rings is 1. The Morgan fingerprint density at radius 2 is 2.00 bits per heavy atom. The number of aliphatic carboxylic acids is 1. The Labute approximate surface area is 102 Å². The van der Waals surface area contributed by atoms with Gasteiger partial charge in [0.25, 0.3) is 0 Å². The van der Waals surface area contributed by atoms with Crippen molar-refractivity contribution in [1.29, 1.82) is 0 Å². The third-order valence-electron chi connectivity index (χ3n) is 2.98. The third kappa shape index (κ3) is 2.97. The first-order valence-electron chi connectivity index (χ1n) is 5.85. The van der Waals surface area contributed by atoms with E-state index in [0.29, 0.717) is 5.56 Å². The Hall–Kier alpha value is -1.55. The van der Waals surface area contributed by atoms with Crippen LogP contribution in [-0.4, -0.2) is 24.2 Å². The molecule has 17 heavy (non-hydrogen) atoms. The second-order valence-corrected chi connectivity index (χ2v) is 4.03. The summed E-state index contributed by atoms with van der Waals surface area (Å²) < 4.78 is 0. The molecule has 0 aliphatic heterocycles. The minimum atomic E-state index is -0.997. The van der Waals surface area contributed by atoms with E-state index in [0.717, 1.165) is 24.3 Å². The second kappa shape index (κ2) is 5.68. The smallest absolute Gasteiger partial charge is 0.325 e. The molecular weight excluding hydrogens is 216 g/mol. The molecule has 0 radical (unpaired) electrons. The molecule has 0 bridgehead atoms. The standard InChI is InChI=1S/C13H20N2O2/c1-4-15(5-2)10-6-7-11(9(3)8-10)12(14)13(16)17/h6-8,12H,4-5,14H2,1-3H3,(H,16,17)/t12-/m0/s1. The Bertz CT molecular complexity index is 400. The third-order valence-corrected chi connectivity index (χ3v) is 2.98. The van der Waals surface area contributed by atoms with Gasteiger partial charge in [0.1, 0.15) is 6.04 Å². The van der Waals surface area contributed by atoms with Crippen molar-refractivity contribution >= 4 is 11.7 Å². The normalized spacial score (nSPS) is 12.2. The van der Waals surface area contributed by atoms with Gasteiger partial charge >= 0.3 is 5.97 Å². The van der Waals surface area contributed by atoms with Gasteiger partial charge in [-0.3, -0.25) is 4.79 Å². The molecule has 0 saturated heterocycles. The zero-order chi connectivity index (χ0) is 13.0. The number of rotatable bonds is 5. The van der Waals surface area contributed by atoms with Crippen molar-refractivity contribution in [2.24, 2.45) is 5.73 Å². The van der Waals surface area contributed by atoms with Gasteiger partial charge in [-0.2, -0.15) is 0 Å². The number of aryl methyl sites for hydroxylation is 1. The molecule has 1 aromatic rings. The summed E-state index contributed by atoms with van der Waals surface area (Å²) in [6, 6.07) is 4.78. The first-order valence-corrected chi connectivity index (χ1v) is 5.85. The molecule has 0 aliphatic carbocycles. The molecule has 3 N–H and O–H groups in total. The number of anilines is 1. The molecule has 0 fully saturated rings. The van der Waals surface area contributed by atoms with Gasteiger partial charge in [-0.1, -0.05) is 6.07 Å². The van der Waals surface area contributed by atoms with Crippen LogP contribution in [0.1, 0.15) is 31.0 Å². The van der Waals surface area contributed by atoms with Gasteiger partial charge in [0, 0.05) is 18.8 Å². The van der Waals surface area contributed by atoms with Crippen LogP contribution < -0.4 is 10.6 Å². The lowest BCUT2D eigenvalue weighted by molar-refractivity contribution is -0.138. The summed E-state index contributed by atoms with van der Waals surface area (Å²) in [7, 11) is 0. The van der Waals surface area contributed by atoms with Crippen LogP contribution in [-0.2, 0) is 4.79 Å². The Kier molecular flexibility index (Phi) is 4.52. The van der Waals surface area contributed by atoms with E-state index in [1.807, 2.05) is 25.1 Å². The molecule has 94 valence electrons. The number of carboxylic acids is 1. The van der Waals surface area contributed by atoms with Crippen molar-refractivity contribution in [1.82, 2.24) is 0 Å². The molecule has 0 amide bonds. The number of nitrogens with two attached hydrogens (primary N) is 1. The zero-order valence-corrected chi connectivity index (χ0v) is 10.6. The number of carboxylic acid groups (broad SMARTS) is 1. The van der Waals surface area contributed by atoms with E-state index >= 15 is 0 Å². The minimum absolute atomic E-state index is 0.674. The maximum absolute atomic E-state index is 10.8. The largest absolute Gasteiger partial charge is 0.480 e. The summed E-state index contributed by atoms with van der Waals surface area (Å²) in [4.78, 5) is 13.1. The molecule has 0 heterocycles. The van der Waals surface area contributed by atoms with E-state index in [-0.39, 0.29) is 0 Å². The highest BCUT2D eigenvalue weighted by atomic mass is 16.4. The molecule has 0 saturated carbocycles. The topological polar surface area (TPSA) is 66.6 Å². The maximum atomic E-state index is 10.8. The van der Waals surface area contributed by atoms with Crippen LogP contribution in [0.5, 0.6) is 0 Å². The molecule has 0 aromatic heterocycles. The van der Waals surface area contributed by atoms with Crippen molar-refractivity contribution in [2.45, 2.75) is 26.8 Å². The van der Waals surface area contributed by atoms with Crippen LogP contribution in [0.4, 0.5) is 5.69 Å². The lowest BCUT2D eigenvalue weighted by Gasteiger charge is -2.22. The highest BCUT2D eigenvalue weighted by Gasteiger charge is 2.16. The Morgan fingerprint density at radius 1 is 1.41 bits per heavy atom. The van der Waals surface area contributed by atoms with Gasteiger partial charge < -0.3 is 15.7 Å². The van der Waals surface area contributed by atoms with Gasteiger partial charge in [0.2, 0.25) is 0 Å². The average Bonchev–Trinajstić information content (AvgIpc) is 2.30. The summed E-state index contributed by atoms with van der Waals surface area (Å²) in [6.07, 6.45) is 0. The lowest BCUT2D eigenvalue weighted by atomic mass is 10.0. The summed E-state index contributed by atoms with van der Waals surface area (Å²) in [5, 5.41) is 8.90.